The molecule has 1 aromatic rings. The summed E-state index contributed by atoms with van der Waals surface area (Å²) in [6, 6.07) is 0. The van der Waals surface area contributed by atoms with Crippen LogP contribution in [0.1, 0.15) is 5.56 Å². The molecule has 1 fully saturated rings. The predicted molar refractivity (Wildman–Crippen MR) is 41.1 cm³/mol. The molecule has 1 saturated heterocycles. The molecule has 0 bridgehead atoms. The molecular weight excluding hydrogens is 311 g/mol. The maximum absolute atomic E-state index is 13.6. The van der Waals surface area contributed by atoms with Gasteiger partial charge in [-0.25, -0.2) is 22.0 Å². The van der Waals surface area contributed by atoms with Crippen molar-refractivity contribution in [2.45, 2.75) is 17.8 Å². The Morgan fingerprint density at radius 2 is 1.15 bits per heavy atom. The second kappa shape index (κ2) is 3.79. The van der Waals surface area contributed by atoms with Gasteiger partial charge in [-0.1, -0.05) is 0 Å². The van der Waals surface area contributed by atoms with Gasteiger partial charge in [-0.15, -0.1) is 0 Å². The number of hydrogen-bond donors (Lipinski definition) is 1. The highest BCUT2D eigenvalue weighted by molar-refractivity contribution is 5.34. The Balaban J connectivity index is 2.69. The number of hydrogen-bond acceptors (Lipinski definition) is 2. The number of alkyl halides is 4. The maximum Gasteiger partial charge on any atom is 0.418 e. The fraction of sp³-hybridized carbons (Fsp3) is 0.333. The highest BCUT2D eigenvalue weighted by Crippen LogP contribution is 2.65. The van der Waals surface area contributed by atoms with Crippen LogP contribution in [0.3, 0.4) is 0 Å². The Hall–Kier alpha value is -1.49. The van der Waals surface area contributed by atoms with E-state index in [1.54, 1.807) is 0 Å². The van der Waals surface area contributed by atoms with Gasteiger partial charge in [0, 0.05) is 0 Å². The van der Waals surface area contributed by atoms with Crippen LogP contribution in [0.4, 0.5) is 39.5 Å². The summed E-state index contributed by atoms with van der Waals surface area (Å²) in [6.45, 7) is 0. The molecule has 1 aliphatic heterocycles. The van der Waals surface area contributed by atoms with E-state index >= 15 is 0 Å². The maximum atomic E-state index is 13.6. The topological polar surface area (TPSA) is 32.8 Å². The van der Waals surface area contributed by atoms with Crippen LogP contribution in [-0.2, 0) is 10.6 Å². The van der Waals surface area contributed by atoms with Crippen molar-refractivity contribution in [3.63, 3.8) is 0 Å². The fourth-order valence-electron chi connectivity index (χ4n) is 1.52. The first kappa shape index (κ1) is 14.9. The van der Waals surface area contributed by atoms with Gasteiger partial charge in [-0.3, -0.25) is 4.74 Å². The van der Waals surface area contributed by atoms with Crippen LogP contribution in [0.2, 0.25) is 0 Å². The largest absolute Gasteiger partial charge is 0.418 e. The first-order chi connectivity index (χ1) is 8.88. The third-order valence-corrected chi connectivity index (χ3v) is 2.57. The average molecular weight is 312 g/mol. The van der Waals surface area contributed by atoms with Gasteiger partial charge in [-0.2, -0.15) is 17.6 Å². The molecule has 0 radical (unpaired) electrons. The second-order valence-corrected chi connectivity index (χ2v) is 3.78. The first-order valence-corrected chi connectivity index (χ1v) is 4.58. The Bertz CT molecular complexity index is 569. The van der Waals surface area contributed by atoms with E-state index in [0.29, 0.717) is 0 Å². The number of aliphatic hydroxyl groups is 1. The summed E-state index contributed by atoms with van der Waals surface area (Å²) >= 11 is 0. The van der Waals surface area contributed by atoms with Crippen molar-refractivity contribution >= 4 is 0 Å². The SMILES string of the molecule is OC(F)(F)C1(F)OC1(F)c1c(F)c(F)c(F)c(F)c1F. The van der Waals surface area contributed by atoms with Crippen LogP contribution in [-0.4, -0.2) is 17.1 Å². The van der Waals surface area contributed by atoms with Gasteiger partial charge < -0.3 is 5.11 Å². The summed E-state index contributed by atoms with van der Waals surface area (Å²) in [7, 11) is 0. The van der Waals surface area contributed by atoms with Gasteiger partial charge in [-0.05, 0) is 0 Å². The minimum absolute atomic E-state index is 2.59. The third kappa shape index (κ3) is 1.56. The van der Waals surface area contributed by atoms with Gasteiger partial charge in [0.2, 0.25) is 5.82 Å². The molecule has 2 atom stereocenters. The van der Waals surface area contributed by atoms with Gasteiger partial charge in [0.05, 0.1) is 0 Å². The lowest BCUT2D eigenvalue weighted by atomic mass is 10.0. The molecule has 1 aromatic carbocycles. The number of rotatable bonds is 2. The standard InChI is InChI=1S/C9HF9O2/c10-2-1(3(11)5(13)6(14)4(2)12)7(15)8(16,20-7)9(17,18)19/h19H. The zero-order chi connectivity index (χ0) is 15.7. The molecule has 1 N–H and O–H groups in total. The number of ether oxygens (including phenoxy) is 1. The quantitative estimate of drug-likeness (QED) is 0.394. The van der Waals surface area contributed by atoms with Crippen LogP contribution in [0.5, 0.6) is 0 Å². The van der Waals surface area contributed by atoms with Gasteiger partial charge in [0.1, 0.15) is 5.56 Å². The predicted octanol–water partition coefficient (Wildman–Crippen LogP) is 2.79. The van der Waals surface area contributed by atoms with Crippen LogP contribution < -0.4 is 0 Å². The van der Waals surface area contributed by atoms with Gasteiger partial charge in [0.15, 0.2) is 23.3 Å². The van der Waals surface area contributed by atoms with E-state index in [1.165, 1.54) is 0 Å². The van der Waals surface area contributed by atoms with Crippen molar-refractivity contribution in [1.29, 1.82) is 0 Å². The van der Waals surface area contributed by atoms with E-state index in [1.807, 2.05) is 0 Å². The lowest BCUT2D eigenvalue weighted by molar-refractivity contribution is -0.280. The smallest absolute Gasteiger partial charge is 0.332 e. The molecule has 0 spiro atoms. The highest BCUT2D eigenvalue weighted by Gasteiger charge is 2.88. The second-order valence-electron chi connectivity index (χ2n) is 3.78. The lowest BCUT2D eigenvalue weighted by Crippen LogP contribution is -2.38. The van der Waals surface area contributed by atoms with Crippen molar-refractivity contribution in [1.82, 2.24) is 0 Å². The minimum Gasteiger partial charge on any atom is -0.332 e. The molecule has 1 heterocycles. The van der Waals surface area contributed by atoms with E-state index in [4.69, 9.17) is 5.11 Å². The molecule has 0 aliphatic carbocycles. The molecule has 0 amide bonds. The van der Waals surface area contributed by atoms with E-state index in [2.05, 4.69) is 4.74 Å². The van der Waals surface area contributed by atoms with Crippen molar-refractivity contribution in [3.05, 3.63) is 34.6 Å². The van der Waals surface area contributed by atoms with Crippen molar-refractivity contribution in [2.75, 3.05) is 0 Å². The van der Waals surface area contributed by atoms with Crippen molar-refractivity contribution in [2.24, 2.45) is 0 Å². The molecular formula is C9HF9O2. The molecule has 2 unspecified atom stereocenters. The molecule has 2 rings (SSSR count). The lowest BCUT2D eigenvalue weighted by Gasteiger charge is -2.14. The molecule has 0 aromatic heterocycles. The summed E-state index contributed by atoms with van der Waals surface area (Å²) in [4.78, 5) is 0. The van der Waals surface area contributed by atoms with Crippen molar-refractivity contribution < 1.29 is 49.4 Å². The van der Waals surface area contributed by atoms with Crippen LogP contribution >= 0.6 is 0 Å². The average Bonchev–Trinajstić information content (AvgIpc) is 2.89. The Morgan fingerprint density at radius 1 is 0.800 bits per heavy atom. The first-order valence-electron chi connectivity index (χ1n) is 4.58. The van der Waals surface area contributed by atoms with E-state index in [0.717, 1.165) is 0 Å². The molecule has 11 heteroatoms. The Labute approximate surface area is 103 Å². The molecule has 2 nitrogen and oxygen atoms in total. The third-order valence-electron chi connectivity index (χ3n) is 2.57. The summed E-state index contributed by atoms with van der Waals surface area (Å²) in [5.74, 6) is -23.6. The monoisotopic (exact) mass is 312 g/mol. The van der Waals surface area contributed by atoms with Gasteiger partial charge >= 0.3 is 17.8 Å². The van der Waals surface area contributed by atoms with E-state index in [9.17, 15) is 39.5 Å². The number of benzene rings is 1. The minimum atomic E-state index is -5.58. The number of epoxide rings is 1. The normalized spacial score (nSPS) is 29.7. The molecule has 0 saturated carbocycles. The van der Waals surface area contributed by atoms with E-state index in [-0.39, 0.29) is 0 Å². The molecule has 1 aliphatic rings. The Kier molecular flexibility index (Phi) is 2.82. The zero-order valence-corrected chi connectivity index (χ0v) is 8.76. The highest BCUT2D eigenvalue weighted by atomic mass is 19.3. The fourth-order valence-corrected chi connectivity index (χ4v) is 1.52. The summed E-state index contributed by atoms with van der Waals surface area (Å²) in [6.07, 6.45) is -5.58. The summed E-state index contributed by atoms with van der Waals surface area (Å²) in [5.41, 5.74) is -2.59. The molecule has 112 valence electrons. The summed E-state index contributed by atoms with van der Waals surface area (Å²) in [5, 5.41) is 8.01. The summed E-state index contributed by atoms with van der Waals surface area (Å²) < 4.78 is 119. The van der Waals surface area contributed by atoms with Crippen LogP contribution in [0, 0.1) is 29.1 Å². The number of halogens is 9. The van der Waals surface area contributed by atoms with E-state index < -0.39 is 52.5 Å². The van der Waals surface area contributed by atoms with Crippen LogP contribution in [0.15, 0.2) is 0 Å². The Morgan fingerprint density at radius 3 is 1.45 bits per heavy atom. The van der Waals surface area contributed by atoms with Gasteiger partial charge in [0.25, 0.3) is 0 Å². The van der Waals surface area contributed by atoms with Crippen LogP contribution in [0.25, 0.3) is 0 Å². The van der Waals surface area contributed by atoms with Crippen molar-refractivity contribution in [3.8, 4) is 0 Å². The zero-order valence-electron chi connectivity index (χ0n) is 8.76. The molecule has 20 heavy (non-hydrogen) atoms.